The van der Waals surface area contributed by atoms with Crippen LogP contribution in [-0.4, -0.2) is 36.1 Å². The van der Waals surface area contributed by atoms with Crippen LogP contribution in [0.1, 0.15) is 47.5 Å². The fourth-order valence-electron chi connectivity index (χ4n) is 4.01. The molecule has 2 aromatic rings. The average Bonchev–Trinajstić information content (AvgIpc) is 3.57. The van der Waals surface area contributed by atoms with E-state index in [4.69, 9.17) is 16.3 Å². The molecule has 4 rings (SSSR count). The molecule has 0 radical (unpaired) electrons. The van der Waals surface area contributed by atoms with E-state index in [0.717, 1.165) is 55.0 Å². The zero-order valence-electron chi connectivity index (χ0n) is 17.4. The predicted molar refractivity (Wildman–Crippen MR) is 122 cm³/mol. The highest BCUT2D eigenvalue weighted by Crippen LogP contribution is 2.45. The van der Waals surface area contributed by atoms with Crippen LogP contribution in [0.2, 0.25) is 5.02 Å². The van der Waals surface area contributed by atoms with Gasteiger partial charge < -0.3 is 9.64 Å². The van der Waals surface area contributed by atoms with Gasteiger partial charge in [-0.1, -0.05) is 17.7 Å². The van der Waals surface area contributed by atoms with Crippen LogP contribution in [0.3, 0.4) is 0 Å². The maximum Gasteiger partial charge on any atom is 0.265 e. The van der Waals surface area contributed by atoms with E-state index in [2.05, 4.69) is 15.7 Å². The number of carbonyl (C=O) groups is 1. The number of rotatable bonds is 7. The molecule has 31 heavy (non-hydrogen) atoms. The van der Waals surface area contributed by atoms with Gasteiger partial charge in [-0.3, -0.25) is 9.52 Å². The number of ether oxygens (including phenoxy) is 1. The minimum atomic E-state index is -1.55. The number of halogens is 2. The molecule has 1 aliphatic heterocycles. The molecule has 1 N–H and O–H groups in total. The Morgan fingerprint density at radius 2 is 1.97 bits per heavy atom. The van der Waals surface area contributed by atoms with E-state index < -0.39 is 22.7 Å². The predicted octanol–water partition coefficient (Wildman–Crippen LogP) is 4.68. The van der Waals surface area contributed by atoms with Crippen molar-refractivity contribution in [3.63, 3.8) is 0 Å². The lowest BCUT2D eigenvalue weighted by Crippen LogP contribution is -2.35. The van der Waals surface area contributed by atoms with Gasteiger partial charge >= 0.3 is 0 Å². The molecule has 1 aliphatic carbocycles. The monoisotopic (exact) mass is 464 g/mol. The van der Waals surface area contributed by atoms with Crippen LogP contribution in [0.15, 0.2) is 36.4 Å². The first-order valence-corrected chi connectivity index (χ1v) is 12.5. The van der Waals surface area contributed by atoms with E-state index in [9.17, 15) is 13.4 Å². The van der Waals surface area contributed by atoms with Crippen molar-refractivity contribution in [1.29, 1.82) is 0 Å². The average molecular weight is 465 g/mol. The first-order valence-electron chi connectivity index (χ1n) is 10.5. The Balaban J connectivity index is 1.39. The maximum absolute atomic E-state index is 14.6. The molecule has 1 atom stereocenters. The van der Waals surface area contributed by atoms with Crippen LogP contribution in [-0.2, 0) is 11.0 Å². The third-order valence-corrected chi connectivity index (χ3v) is 6.57. The number of hydrogen-bond acceptors (Lipinski definition) is 4. The Morgan fingerprint density at radius 1 is 1.23 bits per heavy atom. The molecule has 1 saturated carbocycles. The Morgan fingerprint density at radius 3 is 2.61 bits per heavy atom. The van der Waals surface area contributed by atoms with Crippen LogP contribution in [0.25, 0.3) is 0 Å². The van der Waals surface area contributed by atoms with Gasteiger partial charge in [0.25, 0.3) is 5.91 Å². The number of piperidine rings is 1. The smallest absolute Gasteiger partial charge is 0.265 e. The first kappa shape index (κ1) is 22.1. The van der Waals surface area contributed by atoms with Crippen molar-refractivity contribution in [2.45, 2.75) is 31.6 Å². The minimum absolute atomic E-state index is 0.0840. The van der Waals surface area contributed by atoms with Crippen molar-refractivity contribution < 1.29 is 18.1 Å². The molecule has 1 saturated heterocycles. The Kier molecular flexibility index (Phi) is 6.82. The standard InChI is InChI=1S/C23H26ClFN2O3S/c1-31(29)26-23(28)20-12-19(16-5-6-16)22(13-21(20)25)30-14-15-7-9-27(10-8-15)18-4-2-3-17(24)11-18/h2-4,11-13,15-16H,5-10,14H2,1H3,(H,26,28). The molecule has 2 fully saturated rings. The summed E-state index contributed by atoms with van der Waals surface area (Å²) in [6, 6.07) is 10.8. The van der Waals surface area contributed by atoms with E-state index in [1.54, 1.807) is 6.07 Å². The maximum atomic E-state index is 14.6. The van der Waals surface area contributed by atoms with Gasteiger partial charge in [-0.15, -0.1) is 0 Å². The molecule has 0 spiro atoms. The molecular formula is C23H26ClFN2O3S. The van der Waals surface area contributed by atoms with Crippen molar-refractivity contribution in [3.05, 3.63) is 58.4 Å². The molecule has 5 nitrogen and oxygen atoms in total. The fourth-order valence-corrected chi connectivity index (χ4v) is 4.56. The number of anilines is 1. The van der Waals surface area contributed by atoms with Crippen molar-refractivity contribution in [3.8, 4) is 5.75 Å². The molecule has 1 heterocycles. The summed E-state index contributed by atoms with van der Waals surface area (Å²) in [4.78, 5) is 14.5. The summed E-state index contributed by atoms with van der Waals surface area (Å²) >= 11 is 6.11. The SMILES string of the molecule is CS(=O)NC(=O)c1cc(C2CC2)c(OCC2CCN(c3cccc(Cl)c3)CC2)cc1F. The zero-order valence-corrected chi connectivity index (χ0v) is 19.0. The van der Waals surface area contributed by atoms with Gasteiger partial charge in [-0.05, 0) is 67.3 Å². The van der Waals surface area contributed by atoms with Crippen molar-refractivity contribution >= 4 is 34.2 Å². The second-order valence-corrected chi connectivity index (χ2v) is 9.80. The molecule has 1 amide bonds. The van der Waals surface area contributed by atoms with Crippen LogP contribution in [0, 0.1) is 11.7 Å². The number of benzene rings is 2. The molecule has 1 unspecified atom stereocenters. The van der Waals surface area contributed by atoms with Crippen LogP contribution in [0.5, 0.6) is 5.75 Å². The molecule has 8 heteroatoms. The summed E-state index contributed by atoms with van der Waals surface area (Å²) < 4.78 is 34.2. The van der Waals surface area contributed by atoms with E-state index in [0.29, 0.717) is 24.2 Å². The van der Waals surface area contributed by atoms with Crippen LogP contribution in [0.4, 0.5) is 10.1 Å². The highest BCUT2D eigenvalue weighted by atomic mass is 35.5. The summed E-state index contributed by atoms with van der Waals surface area (Å²) in [5.41, 5.74) is 1.91. The van der Waals surface area contributed by atoms with E-state index >= 15 is 0 Å². The highest BCUT2D eigenvalue weighted by Gasteiger charge is 2.30. The topological polar surface area (TPSA) is 58.6 Å². The molecule has 2 aliphatic rings. The third-order valence-electron chi connectivity index (χ3n) is 5.86. The minimum Gasteiger partial charge on any atom is -0.493 e. The summed E-state index contributed by atoms with van der Waals surface area (Å²) in [7, 11) is -1.55. The normalized spacial score (nSPS) is 18.0. The largest absolute Gasteiger partial charge is 0.493 e. The zero-order chi connectivity index (χ0) is 22.0. The number of amides is 1. The second-order valence-electron chi connectivity index (χ2n) is 8.25. The number of hydrogen-bond donors (Lipinski definition) is 1. The lowest BCUT2D eigenvalue weighted by atomic mass is 9.97. The van der Waals surface area contributed by atoms with Gasteiger partial charge in [-0.25, -0.2) is 8.60 Å². The molecule has 0 bridgehead atoms. The van der Waals surface area contributed by atoms with E-state index in [1.807, 2.05) is 18.2 Å². The quantitative estimate of drug-likeness (QED) is 0.646. The second kappa shape index (κ2) is 9.57. The molecule has 166 valence electrons. The lowest BCUT2D eigenvalue weighted by Gasteiger charge is -2.33. The summed E-state index contributed by atoms with van der Waals surface area (Å²) in [5.74, 6) is -0.125. The summed E-state index contributed by atoms with van der Waals surface area (Å²) in [5, 5.41) is 0.736. The van der Waals surface area contributed by atoms with Crippen LogP contribution < -0.4 is 14.4 Å². The van der Waals surface area contributed by atoms with Crippen molar-refractivity contribution in [1.82, 2.24) is 4.72 Å². The Labute approximate surface area is 189 Å². The first-order chi connectivity index (χ1) is 14.9. The van der Waals surface area contributed by atoms with Crippen molar-refractivity contribution in [2.75, 3.05) is 30.9 Å². The van der Waals surface area contributed by atoms with Crippen LogP contribution >= 0.6 is 11.6 Å². The van der Waals surface area contributed by atoms with Crippen molar-refractivity contribution in [2.24, 2.45) is 5.92 Å². The summed E-state index contributed by atoms with van der Waals surface area (Å²) in [6.07, 6.45) is 5.31. The number of carbonyl (C=O) groups excluding carboxylic acids is 1. The van der Waals surface area contributed by atoms with Gasteiger partial charge in [0.15, 0.2) is 0 Å². The lowest BCUT2D eigenvalue weighted by molar-refractivity contribution is 0.0979. The number of nitrogens with zero attached hydrogens (tertiary/aromatic N) is 1. The Bertz CT molecular complexity index is 991. The highest BCUT2D eigenvalue weighted by molar-refractivity contribution is 7.82. The summed E-state index contributed by atoms with van der Waals surface area (Å²) in [6.45, 7) is 2.37. The Hall–Kier alpha value is -2.12. The number of nitrogens with one attached hydrogen (secondary N) is 1. The van der Waals surface area contributed by atoms with Gasteiger partial charge in [0.05, 0.1) is 12.2 Å². The molecule has 2 aromatic carbocycles. The van der Waals surface area contributed by atoms with Gasteiger partial charge in [0.2, 0.25) is 0 Å². The molecular weight excluding hydrogens is 439 g/mol. The third kappa shape index (κ3) is 5.57. The van der Waals surface area contributed by atoms with E-state index in [-0.39, 0.29) is 5.56 Å². The van der Waals surface area contributed by atoms with E-state index in [1.165, 1.54) is 12.3 Å². The fraction of sp³-hybridized carbons (Fsp3) is 0.435. The van der Waals surface area contributed by atoms with Gasteiger partial charge in [0, 0.05) is 36.1 Å². The van der Waals surface area contributed by atoms with Gasteiger partial charge in [-0.2, -0.15) is 0 Å². The van der Waals surface area contributed by atoms with Gasteiger partial charge in [0.1, 0.15) is 22.6 Å². The molecule has 0 aromatic heterocycles.